The number of aryl methyl sites for hydroxylation is 1. The normalized spacial score (nSPS) is 23.9. The molecule has 0 atom stereocenters. The fraction of sp³-hybridized carbons (Fsp3) is 0.656. The molecule has 2 nitrogen and oxygen atoms in total. The van der Waals surface area contributed by atoms with Gasteiger partial charge in [0.1, 0.15) is 11.4 Å². The molecule has 0 N–H and O–H groups in total. The highest BCUT2D eigenvalue weighted by atomic mass is 15.2. The minimum absolute atomic E-state index is 0.252. The highest BCUT2D eigenvalue weighted by Crippen LogP contribution is 2.54. The van der Waals surface area contributed by atoms with Crippen molar-refractivity contribution in [2.75, 3.05) is 0 Å². The molecule has 0 unspecified atom stereocenters. The van der Waals surface area contributed by atoms with Gasteiger partial charge in [0.05, 0.1) is 17.5 Å². The Morgan fingerprint density at radius 1 is 0.735 bits per heavy atom. The van der Waals surface area contributed by atoms with Crippen molar-refractivity contribution in [1.82, 2.24) is 4.57 Å². The Hall–Kier alpha value is -1.83. The standard InChI is InChI=1S/C32H45N2/c1-24-14-12-13-21-29(24)34-25(2)30-32(27-17-8-4-9-18-27,28-19-10-5-11-20-28)22-23-33(30)31(34)26-15-6-3-7-16-26/h12-14,21-23,26-28H,3-11,15-20H2,1-2H3/q+1. The maximum Gasteiger partial charge on any atom is 0.269 e. The SMILES string of the molecule is Cc1ccccc1-n1c(C)c2[n+](c1C1CCCCC1)C=CC2(C1CCCCC1)C1CCCCC1. The van der Waals surface area contributed by atoms with E-state index in [1.54, 1.807) is 11.5 Å². The molecule has 182 valence electrons. The van der Waals surface area contributed by atoms with Crippen LogP contribution in [-0.4, -0.2) is 4.57 Å². The summed E-state index contributed by atoms with van der Waals surface area (Å²) in [6, 6.07) is 9.12. The maximum atomic E-state index is 2.75. The Morgan fingerprint density at radius 2 is 1.29 bits per heavy atom. The van der Waals surface area contributed by atoms with Crippen LogP contribution in [0.3, 0.4) is 0 Å². The second kappa shape index (κ2) is 9.32. The van der Waals surface area contributed by atoms with Crippen LogP contribution in [0.2, 0.25) is 0 Å². The molecule has 0 amide bonds. The van der Waals surface area contributed by atoms with E-state index < -0.39 is 0 Å². The number of benzene rings is 1. The number of allylic oxidation sites excluding steroid dienone is 1. The molecule has 3 aliphatic carbocycles. The summed E-state index contributed by atoms with van der Waals surface area (Å²) in [4.78, 5) is 0. The predicted octanol–water partition coefficient (Wildman–Crippen LogP) is 8.31. The summed E-state index contributed by atoms with van der Waals surface area (Å²) in [7, 11) is 0. The summed E-state index contributed by atoms with van der Waals surface area (Å²) >= 11 is 0. The fourth-order valence-electron chi connectivity index (χ4n) is 8.64. The quantitative estimate of drug-likeness (QED) is 0.408. The smallest absolute Gasteiger partial charge is 0.202 e. The van der Waals surface area contributed by atoms with E-state index in [0.29, 0.717) is 5.92 Å². The first kappa shape index (κ1) is 22.6. The van der Waals surface area contributed by atoms with Crippen LogP contribution in [0.15, 0.2) is 30.3 Å². The van der Waals surface area contributed by atoms with Crippen LogP contribution >= 0.6 is 0 Å². The highest BCUT2D eigenvalue weighted by Gasteiger charge is 2.55. The third-order valence-corrected chi connectivity index (χ3v) is 10.2. The van der Waals surface area contributed by atoms with Gasteiger partial charge in [-0.3, -0.25) is 0 Å². The molecule has 1 aromatic heterocycles. The summed E-state index contributed by atoms with van der Waals surface area (Å²) in [6.07, 6.45) is 26.5. The van der Waals surface area contributed by atoms with Crippen LogP contribution < -0.4 is 4.57 Å². The van der Waals surface area contributed by atoms with Crippen LogP contribution in [0.4, 0.5) is 0 Å². The molecule has 1 aromatic carbocycles. The van der Waals surface area contributed by atoms with Gasteiger partial charge in [0.25, 0.3) is 5.82 Å². The van der Waals surface area contributed by atoms with Crippen molar-refractivity contribution in [2.45, 2.75) is 121 Å². The van der Waals surface area contributed by atoms with Gasteiger partial charge >= 0.3 is 0 Å². The zero-order valence-corrected chi connectivity index (χ0v) is 21.7. The highest BCUT2D eigenvalue weighted by molar-refractivity contribution is 5.48. The molecule has 34 heavy (non-hydrogen) atoms. The number of hydrogen-bond acceptors (Lipinski definition) is 0. The second-order valence-corrected chi connectivity index (χ2v) is 12.0. The molecular weight excluding hydrogens is 412 g/mol. The van der Waals surface area contributed by atoms with Crippen molar-refractivity contribution in [3.8, 4) is 5.69 Å². The van der Waals surface area contributed by atoms with E-state index in [9.17, 15) is 0 Å². The van der Waals surface area contributed by atoms with E-state index in [0.717, 1.165) is 11.8 Å². The Morgan fingerprint density at radius 3 is 1.88 bits per heavy atom. The number of imidazole rings is 1. The number of hydrogen-bond donors (Lipinski definition) is 0. The van der Waals surface area contributed by atoms with E-state index in [4.69, 9.17) is 0 Å². The second-order valence-electron chi connectivity index (χ2n) is 12.0. The molecule has 0 saturated heterocycles. The largest absolute Gasteiger partial charge is 0.269 e. The van der Waals surface area contributed by atoms with Crippen molar-refractivity contribution in [3.63, 3.8) is 0 Å². The number of fused-ring (bicyclic) bond motifs is 1. The van der Waals surface area contributed by atoms with E-state index in [1.807, 2.05) is 0 Å². The van der Waals surface area contributed by atoms with Gasteiger partial charge < -0.3 is 0 Å². The number of para-hydroxylation sites is 1. The van der Waals surface area contributed by atoms with Gasteiger partial charge in [-0.05, 0) is 75.0 Å². The third-order valence-electron chi connectivity index (χ3n) is 10.2. The van der Waals surface area contributed by atoms with Crippen molar-refractivity contribution in [3.05, 3.63) is 53.1 Å². The van der Waals surface area contributed by atoms with Crippen LogP contribution in [-0.2, 0) is 5.41 Å². The van der Waals surface area contributed by atoms with Gasteiger partial charge in [0, 0.05) is 6.92 Å². The van der Waals surface area contributed by atoms with Gasteiger partial charge in [0.15, 0.2) is 5.69 Å². The fourth-order valence-corrected chi connectivity index (χ4v) is 8.64. The number of aromatic nitrogens is 2. The third kappa shape index (κ3) is 3.54. The Labute approximate surface area is 207 Å². The lowest BCUT2D eigenvalue weighted by Gasteiger charge is -2.44. The molecule has 3 saturated carbocycles. The van der Waals surface area contributed by atoms with E-state index >= 15 is 0 Å². The number of rotatable bonds is 4. The maximum absolute atomic E-state index is 2.75. The summed E-state index contributed by atoms with van der Waals surface area (Å²) in [5.41, 5.74) is 6.30. The average molecular weight is 458 g/mol. The monoisotopic (exact) mass is 457 g/mol. The number of nitrogens with zero attached hydrogens (tertiary/aromatic N) is 2. The summed E-state index contributed by atoms with van der Waals surface area (Å²) in [5.74, 6) is 3.91. The van der Waals surface area contributed by atoms with E-state index in [2.05, 4.69) is 59.5 Å². The molecule has 4 aliphatic rings. The summed E-state index contributed by atoms with van der Waals surface area (Å²) < 4.78 is 5.48. The van der Waals surface area contributed by atoms with Crippen LogP contribution in [0.5, 0.6) is 0 Å². The molecule has 2 heterocycles. The van der Waals surface area contributed by atoms with Gasteiger partial charge in [-0.25, -0.2) is 4.57 Å². The molecule has 1 aliphatic heterocycles. The van der Waals surface area contributed by atoms with Crippen LogP contribution in [0.1, 0.15) is 125 Å². The van der Waals surface area contributed by atoms with Gasteiger partial charge in [-0.1, -0.05) is 76.0 Å². The first-order valence-corrected chi connectivity index (χ1v) is 14.6. The van der Waals surface area contributed by atoms with Gasteiger partial charge in [-0.2, -0.15) is 4.57 Å². The average Bonchev–Trinajstić information content (AvgIpc) is 3.43. The lowest BCUT2D eigenvalue weighted by molar-refractivity contribution is -0.586. The van der Waals surface area contributed by atoms with Crippen molar-refractivity contribution < 1.29 is 4.57 Å². The van der Waals surface area contributed by atoms with Crippen molar-refractivity contribution >= 4 is 6.20 Å². The molecule has 0 spiro atoms. The minimum atomic E-state index is 0.252. The van der Waals surface area contributed by atoms with Crippen LogP contribution in [0.25, 0.3) is 11.9 Å². The molecule has 3 fully saturated rings. The van der Waals surface area contributed by atoms with Crippen molar-refractivity contribution in [2.24, 2.45) is 11.8 Å². The molecule has 0 radical (unpaired) electrons. The first-order valence-electron chi connectivity index (χ1n) is 14.6. The van der Waals surface area contributed by atoms with Crippen LogP contribution in [0, 0.1) is 25.7 Å². The molecule has 0 bridgehead atoms. The molecule has 2 aromatic rings. The van der Waals surface area contributed by atoms with Crippen molar-refractivity contribution in [1.29, 1.82) is 0 Å². The summed E-state index contributed by atoms with van der Waals surface area (Å²) in [6.45, 7) is 4.78. The zero-order valence-electron chi connectivity index (χ0n) is 21.7. The van der Waals surface area contributed by atoms with E-state index in [-0.39, 0.29) is 5.41 Å². The Balaban J connectivity index is 1.58. The lowest BCUT2D eigenvalue weighted by Crippen LogP contribution is -2.46. The Kier molecular flexibility index (Phi) is 6.20. The van der Waals surface area contributed by atoms with E-state index in [1.165, 1.54) is 113 Å². The molecule has 2 heteroatoms. The molecule has 6 rings (SSSR count). The predicted molar refractivity (Wildman–Crippen MR) is 141 cm³/mol. The zero-order chi connectivity index (χ0) is 23.1. The molecular formula is C32H45N2+. The van der Waals surface area contributed by atoms with Gasteiger partial charge in [-0.15, -0.1) is 0 Å². The first-order chi connectivity index (χ1) is 16.7. The Bertz CT molecular complexity index is 1020. The minimum Gasteiger partial charge on any atom is -0.202 e. The summed E-state index contributed by atoms with van der Waals surface area (Å²) in [5, 5.41) is 0. The lowest BCUT2D eigenvalue weighted by atomic mass is 9.57. The topological polar surface area (TPSA) is 8.81 Å². The van der Waals surface area contributed by atoms with Gasteiger partial charge in [0.2, 0.25) is 0 Å².